The highest BCUT2D eigenvalue weighted by molar-refractivity contribution is 5.90. The number of carbonyl (C=O) groups excluding carboxylic acids is 1. The first-order valence-electron chi connectivity index (χ1n) is 5.55. The minimum absolute atomic E-state index is 0.147. The molecule has 0 spiro atoms. The molecular weight excluding hydrogens is 188 g/mol. The SMILES string of the molecule is C=CCOC(=O)C1=CC[C@@H]2C[C@H]1C2(C)C. The molecule has 3 aliphatic rings. The zero-order valence-electron chi connectivity index (χ0n) is 9.45. The van der Waals surface area contributed by atoms with Crippen LogP contribution in [0.2, 0.25) is 0 Å². The van der Waals surface area contributed by atoms with Gasteiger partial charge in [-0.1, -0.05) is 32.6 Å². The van der Waals surface area contributed by atoms with Crippen LogP contribution < -0.4 is 0 Å². The highest BCUT2D eigenvalue weighted by atomic mass is 16.5. The number of fused-ring (bicyclic) bond motifs is 1. The predicted molar refractivity (Wildman–Crippen MR) is 59.2 cm³/mol. The quantitative estimate of drug-likeness (QED) is 0.524. The molecule has 2 bridgehead atoms. The van der Waals surface area contributed by atoms with Crippen molar-refractivity contribution in [2.24, 2.45) is 17.3 Å². The fourth-order valence-electron chi connectivity index (χ4n) is 2.80. The number of carbonyl (C=O) groups is 1. The lowest BCUT2D eigenvalue weighted by Gasteiger charge is -2.55. The topological polar surface area (TPSA) is 26.3 Å². The molecule has 0 aliphatic heterocycles. The number of ether oxygens (including phenoxy) is 1. The fraction of sp³-hybridized carbons (Fsp3) is 0.615. The van der Waals surface area contributed by atoms with Crippen molar-refractivity contribution in [3.05, 3.63) is 24.3 Å². The molecule has 15 heavy (non-hydrogen) atoms. The van der Waals surface area contributed by atoms with Gasteiger partial charge in [-0.2, -0.15) is 0 Å². The zero-order valence-corrected chi connectivity index (χ0v) is 9.45. The highest BCUT2D eigenvalue weighted by Gasteiger charge is 2.52. The molecule has 2 atom stereocenters. The smallest absolute Gasteiger partial charge is 0.334 e. The second-order valence-corrected chi connectivity index (χ2v) is 5.09. The molecule has 0 aromatic heterocycles. The van der Waals surface area contributed by atoms with Crippen molar-refractivity contribution in [3.63, 3.8) is 0 Å². The third kappa shape index (κ3) is 1.52. The molecular formula is C13H18O2. The number of rotatable bonds is 3. The van der Waals surface area contributed by atoms with Crippen molar-refractivity contribution in [2.75, 3.05) is 6.61 Å². The van der Waals surface area contributed by atoms with Gasteiger partial charge in [-0.05, 0) is 30.1 Å². The standard InChI is InChI=1S/C13H18O2/c1-4-7-15-12(14)10-6-5-9-8-11(10)13(9,2)3/h4,6,9,11H,1,5,7-8H2,2-3H3/t9-,11-/m1/s1. The maximum atomic E-state index is 11.7. The van der Waals surface area contributed by atoms with E-state index in [2.05, 4.69) is 26.5 Å². The summed E-state index contributed by atoms with van der Waals surface area (Å²) in [4.78, 5) is 11.7. The molecule has 82 valence electrons. The van der Waals surface area contributed by atoms with Gasteiger partial charge in [0.1, 0.15) is 6.61 Å². The summed E-state index contributed by atoms with van der Waals surface area (Å²) in [7, 11) is 0. The number of esters is 1. The third-order valence-corrected chi connectivity index (χ3v) is 4.04. The summed E-state index contributed by atoms with van der Waals surface area (Å²) in [6.07, 6.45) is 5.86. The lowest BCUT2D eigenvalue weighted by Crippen LogP contribution is -2.49. The minimum Gasteiger partial charge on any atom is -0.458 e. The molecule has 3 aliphatic carbocycles. The molecule has 2 heteroatoms. The molecule has 0 amide bonds. The number of allylic oxidation sites excluding steroid dienone is 1. The molecule has 3 rings (SSSR count). The van der Waals surface area contributed by atoms with Crippen LogP contribution >= 0.6 is 0 Å². The summed E-state index contributed by atoms with van der Waals surface area (Å²) in [5.74, 6) is 1.03. The van der Waals surface area contributed by atoms with E-state index >= 15 is 0 Å². The van der Waals surface area contributed by atoms with E-state index in [1.807, 2.05) is 0 Å². The van der Waals surface area contributed by atoms with Crippen LogP contribution in [0, 0.1) is 17.3 Å². The first-order valence-corrected chi connectivity index (χ1v) is 5.55. The van der Waals surface area contributed by atoms with Gasteiger partial charge in [0.05, 0.1) is 0 Å². The normalized spacial score (nSPS) is 31.2. The van der Waals surface area contributed by atoms with E-state index in [0.717, 1.165) is 24.3 Å². The van der Waals surface area contributed by atoms with Crippen molar-refractivity contribution in [3.8, 4) is 0 Å². The van der Waals surface area contributed by atoms with Crippen LogP contribution in [0.3, 0.4) is 0 Å². The fourth-order valence-corrected chi connectivity index (χ4v) is 2.80. The van der Waals surface area contributed by atoms with E-state index in [1.54, 1.807) is 6.08 Å². The van der Waals surface area contributed by atoms with Gasteiger partial charge >= 0.3 is 5.97 Å². The van der Waals surface area contributed by atoms with Crippen LogP contribution in [0.5, 0.6) is 0 Å². The minimum atomic E-state index is -0.147. The van der Waals surface area contributed by atoms with Crippen LogP contribution in [-0.2, 0) is 9.53 Å². The molecule has 0 heterocycles. The second kappa shape index (κ2) is 3.51. The van der Waals surface area contributed by atoms with Gasteiger partial charge in [0.15, 0.2) is 0 Å². The molecule has 0 unspecified atom stereocenters. The highest BCUT2D eigenvalue weighted by Crippen LogP contribution is 2.59. The zero-order chi connectivity index (χ0) is 11.1. The lowest BCUT2D eigenvalue weighted by molar-refractivity contribution is -0.141. The average Bonchev–Trinajstić information content (AvgIpc) is 2.25. The van der Waals surface area contributed by atoms with Crippen molar-refractivity contribution in [2.45, 2.75) is 26.7 Å². The maximum absolute atomic E-state index is 11.7. The summed E-state index contributed by atoms with van der Waals surface area (Å²) in [5, 5.41) is 0. The Hall–Kier alpha value is -1.05. The Morgan fingerprint density at radius 1 is 1.73 bits per heavy atom. The maximum Gasteiger partial charge on any atom is 0.334 e. The van der Waals surface area contributed by atoms with Gasteiger partial charge < -0.3 is 4.74 Å². The van der Waals surface area contributed by atoms with Crippen LogP contribution in [0.15, 0.2) is 24.3 Å². The first kappa shape index (κ1) is 10.5. The summed E-state index contributed by atoms with van der Waals surface area (Å²) < 4.78 is 5.09. The Labute approximate surface area is 91.0 Å². The van der Waals surface area contributed by atoms with Crippen LogP contribution in [-0.4, -0.2) is 12.6 Å². The van der Waals surface area contributed by atoms with Gasteiger partial charge in [-0.3, -0.25) is 0 Å². The molecule has 0 aromatic carbocycles. The van der Waals surface area contributed by atoms with Gasteiger partial charge in [0, 0.05) is 5.57 Å². The van der Waals surface area contributed by atoms with E-state index in [-0.39, 0.29) is 11.4 Å². The van der Waals surface area contributed by atoms with Crippen molar-refractivity contribution in [1.82, 2.24) is 0 Å². The number of hydrogen-bond acceptors (Lipinski definition) is 2. The van der Waals surface area contributed by atoms with E-state index < -0.39 is 0 Å². The van der Waals surface area contributed by atoms with Gasteiger partial charge in [-0.15, -0.1) is 0 Å². The number of hydrogen-bond donors (Lipinski definition) is 0. The van der Waals surface area contributed by atoms with Gasteiger partial charge in [-0.25, -0.2) is 4.79 Å². The van der Waals surface area contributed by atoms with Crippen LogP contribution in [0.4, 0.5) is 0 Å². The van der Waals surface area contributed by atoms with E-state index in [1.165, 1.54) is 0 Å². The molecule has 1 saturated carbocycles. The lowest BCUT2D eigenvalue weighted by atomic mass is 9.49. The summed E-state index contributed by atoms with van der Waals surface area (Å²) in [6, 6.07) is 0. The molecule has 0 N–H and O–H groups in total. The Morgan fingerprint density at radius 2 is 2.47 bits per heavy atom. The average molecular weight is 206 g/mol. The second-order valence-electron chi connectivity index (χ2n) is 5.09. The Balaban J connectivity index is 2.07. The Bertz CT molecular complexity index is 325. The third-order valence-electron chi connectivity index (χ3n) is 4.04. The van der Waals surface area contributed by atoms with E-state index in [4.69, 9.17) is 4.74 Å². The largest absolute Gasteiger partial charge is 0.458 e. The summed E-state index contributed by atoms with van der Waals surface area (Å²) >= 11 is 0. The summed E-state index contributed by atoms with van der Waals surface area (Å²) in [5.41, 5.74) is 1.18. The Morgan fingerprint density at radius 3 is 3.00 bits per heavy atom. The summed E-state index contributed by atoms with van der Waals surface area (Å²) in [6.45, 7) is 8.35. The molecule has 0 saturated heterocycles. The van der Waals surface area contributed by atoms with Crippen LogP contribution in [0.1, 0.15) is 26.7 Å². The molecule has 2 nitrogen and oxygen atoms in total. The van der Waals surface area contributed by atoms with Gasteiger partial charge in [0.2, 0.25) is 0 Å². The first-order chi connectivity index (χ1) is 7.07. The van der Waals surface area contributed by atoms with Crippen molar-refractivity contribution >= 4 is 5.97 Å². The monoisotopic (exact) mass is 206 g/mol. The molecule has 0 radical (unpaired) electrons. The Kier molecular flexibility index (Phi) is 2.45. The predicted octanol–water partition coefficient (Wildman–Crippen LogP) is 2.71. The van der Waals surface area contributed by atoms with Gasteiger partial charge in [0.25, 0.3) is 0 Å². The van der Waals surface area contributed by atoms with Crippen molar-refractivity contribution in [1.29, 1.82) is 0 Å². The molecule has 0 aromatic rings. The van der Waals surface area contributed by atoms with Crippen LogP contribution in [0.25, 0.3) is 0 Å². The van der Waals surface area contributed by atoms with Crippen molar-refractivity contribution < 1.29 is 9.53 Å². The van der Waals surface area contributed by atoms with E-state index in [9.17, 15) is 4.79 Å². The molecule has 1 fully saturated rings. The van der Waals surface area contributed by atoms with E-state index in [0.29, 0.717) is 12.5 Å².